The predicted octanol–water partition coefficient (Wildman–Crippen LogP) is 7.26. The Hall–Kier alpha value is -4.43. The number of hydrogen-bond donors (Lipinski definition) is 1. The molecule has 0 radical (unpaired) electrons. The Kier molecular flexibility index (Phi) is 10.1. The third-order valence-electron chi connectivity index (χ3n) is 9.77. The van der Waals surface area contributed by atoms with Gasteiger partial charge in [-0.25, -0.2) is 4.98 Å². The average Bonchev–Trinajstić information content (AvgIpc) is 3.57. The third-order valence-corrected chi connectivity index (χ3v) is 11.1. The molecule has 1 fully saturated rings. The van der Waals surface area contributed by atoms with Gasteiger partial charge in [0, 0.05) is 56.2 Å². The van der Waals surface area contributed by atoms with E-state index in [0.717, 1.165) is 37.0 Å². The SMILES string of the molecule is CCN1CCN(Cc2ccc(NC(=O)C3Cc4cc(Oc5ccnc6c5ccn6[S+]([O-])c5ccccc5)cnc4C(C)C3)cc2C(F)(F)F)CC1. The molecule has 0 spiro atoms. The largest absolute Gasteiger partial charge is 0.587 e. The number of benzene rings is 2. The van der Waals surface area contributed by atoms with Crippen LogP contribution in [0, 0.1) is 5.92 Å². The summed E-state index contributed by atoms with van der Waals surface area (Å²) < 4.78 is 63.8. The molecule has 51 heavy (non-hydrogen) atoms. The zero-order chi connectivity index (χ0) is 35.7. The zero-order valence-electron chi connectivity index (χ0n) is 28.4. The van der Waals surface area contributed by atoms with Gasteiger partial charge in [0.15, 0.2) is 10.5 Å². The molecular weight excluding hydrogens is 678 g/mol. The summed E-state index contributed by atoms with van der Waals surface area (Å²) in [5.41, 5.74) is 1.81. The van der Waals surface area contributed by atoms with E-state index in [-0.39, 0.29) is 29.6 Å². The highest BCUT2D eigenvalue weighted by atomic mass is 32.2. The number of hydrogen-bond acceptors (Lipinski definition) is 7. The Bertz CT molecular complexity index is 2020. The predicted molar refractivity (Wildman–Crippen MR) is 190 cm³/mol. The van der Waals surface area contributed by atoms with Crippen LogP contribution >= 0.6 is 0 Å². The lowest BCUT2D eigenvalue weighted by Crippen LogP contribution is -2.45. The minimum absolute atomic E-state index is 0.0468. The van der Waals surface area contributed by atoms with Gasteiger partial charge in [0.1, 0.15) is 22.9 Å². The number of aromatic nitrogens is 3. The van der Waals surface area contributed by atoms with E-state index in [9.17, 15) is 22.5 Å². The average molecular weight is 717 g/mol. The monoisotopic (exact) mass is 716 g/mol. The number of rotatable bonds is 9. The molecule has 266 valence electrons. The summed E-state index contributed by atoms with van der Waals surface area (Å²) in [4.78, 5) is 27.6. The summed E-state index contributed by atoms with van der Waals surface area (Å²) >= 11 is -1.50. The summed E-state index contributed by atoms with van der Waals surface area (Å²) in [6, 6.07) is 18.6. The fourth-order valence-electron chi connectivity index (χ4n) is 7.04. The molecule has 1 amide bonds. The van der Waals surface area contributed by atoms with E-state index < -0.39 is 29.0 Å². The zero-order valence-corrected chi connectivity index (χ0v) is 29.2. The molecule has 5 aromatic rings. The Balaban J connectivity index is 1.05. The highest BCUT2D eigenvalue weighted by Gasteiger charge is 2.35. The standard InChI is InChI=1S/C38H39F3N6O3S/c1-3-45-15-17-46(18-16-45)24-26-9-10-29(22-33(26)38(39,40)41)44-37(48)28-19-25(2)35-27(20-28)21-30(23-43-35)50-34-11-13-42-36-32(34)12-14-47(36)51(49)31-7-5-4-6-8-31/h4-14,21-23,25,28H,3,15-20,24H2,1-2H3,(H,44,48). The van der Waals surface area contributed by atoms with Crippen LogP contribution in [0.3, 0.4) is 0 Å². The summed E-state index contributed by atoms with van der Waals surface area (Å²) in [6.45, 7) is 8.30. The number of nitrogens with one attached hydrogen (secondary N) is 1. The number of alkyl halides is 3. The molecule has 3 aromatic heterocycles. The second-order valence-corrected chi connectivity index (χ2v) is 14.5. The highest BCUT2D eigenvalue weighted by molar-refractivity contribution is 7.90. The fraction of sp³-hybridized carbons (Fsp3) is 0.342. The van der Waals surface area contributed by atoms with Gasteiger partial charge in [-0.2, -0.15) is 13.2 Å². The maximum Gasteiger partial charge on any atom is 0.416 e. The van der Waals surface area contributed by atoms with E-state index in [1.807, 2.05) is 36.1 Å². The van der Waals surface area contributed by atoms with Crippen molar-refractivity contribution in [1.82, 2.24) is 23.7 Å². The number of piperazine rings is 1. The first-order chi connectivity index (χ1) is 24.6. The number of halogens is 3. The first kappa shape index (κ1) is 35.0. The number of amides is 1. The van der Waals surface area contributed by atoms with Gasteiger partial charge >= 0.3 is 6.18 Å². The van der Waals surface area contributed by atoms with Gasteiger partial charge in [-0.15, -0.1) is 3.97 Å². The molecule has 2 aliphatic rings. The molecule has 7 rings (SSSR count). The second kappa shape index (κ2) is 14.7. The van der Waals surface area contributed by atoms with Crippen LogP contribution < -0.4 is 10.1 Å². The first-order valence-electron chi connectivity index (χ1n) is 17.1. The lowest BCUT2D eigenvalue weighted by atomic mass is 9.80. The van der Waals surface area contributed by atoms with E-state index in [0.29, 0.717) is 53.4 Å². The minimum atomic E-state index is -4.55. The van der Waals surface area contributed by atoms with Crippen molar-refractivity contribution in [3.05, 3.63) is 108 Å². The van der Waals surface area contributed by atoms with Crippen molar-refractivity contribution >= 4 is 34.0 Å². The van der Waals surface area contributed by atoms with Gasteiger partial charge < -0.3 is 19.5 Å². The number of likely N-dealkylation sites (N-methyl/N-ethyl adjacent to an activating group) is 1. The maximum atomic E-state index is 14.2. The first-order valence-corrected chi connectivity index (χ1v) is 18.2. The quantitative estimate of drug-likeness (QED) is 0.161. The van der Waals surface area contributed by atoms with E-state index in [1.165, 1.54) is 6.07 Å². The number of carbonyl (C=O) groups is 1. The number of anilines is 1. The summed E-state index contributed by atoms with van der Waals surface area (Å²) in [7, 11) is 0. The van der Waals surface area contributed by atoms with Crippen LogP contribution in [0.1, 0.15) is 48.6 Å². The van der Waals surface area contributed by atoms with Crippen molar-refractivity contribution in [3.8, 4) is 11.5 Å². The maximum absolute atomic E-state index is 14.2. The number of pyridine rings is 2. The smallest absolute Gasteiger partial charge is 0.416 e. The lowest BCUT2D eigenvalue weighted by Gasteiger charge is -2.34. The van der Waals surface area contributed by atoms with E-state index in [1.54, 1.807) is 52.9 Å². The van der Waals surface area contributed by atoms with Crippen LogP contribution in [0.25, 0.3) is 11.0 Å². The number of carbonyl (C=O) groups excluding carboxylic acids is 1. The minimum Gasteiger partial charge on any atom is -0.587 e. The topological polar surface area (TPSA) is 98.6 Å². The lowest BCUT2D eigenvalue weighted by molar-refractivity contribution is -0.138. The van der Waals surface area contributed by atoms with Gasteiger partial charge in [-0.05, 0) is 78.9 Å². The fourth-order valence-corrected chi connectivity index (χ4v) is 8.14. The molecule has 4 heterocycles. The van der Waals surface area contributed by atoms with Gasteiger partial charge in [0.05, 0.1) is 23.3 Å². The van der Waals surface area contributed by atoms with Gasteiger partial charge in [0.2, 0.25) is 5.91 Å². The van der Waals surface area contributed by atoms with Gasteiger partial charge in [0.25, 0.3) is 0 Å². The van der Waals surface area contributed by atoms with Crippen molar-refractivity contribution in [2.45, 2.75) is 50.2 Å². The van der Waals surface area contributed by atoms with Gasteiger partial charge in [-0.1, -0.05) is 38.1 Å². The Morgan fingerprint density at radius 1 is 1.02 bits per heavy atom. The van der Waals surface area contributed by atoms with Crippen molar-refractivity contribution in [1.29, 1.82) is 0 Å². The van der Waals surface area contributed by atoms with E-state index in [2.05, 4.69) is 27.1 Å². The van der Waals surface area contributed by atoms with Crippen molar-refractivity contribution in [2.75, 3.05) is 38.0 Å². The van der Waals surface area contributed by atoms with Crippen LogP contribution in [-0.4, -0.2) is 66.9 Å². The molecule has 1 aliphatic heterocycles. The summed E-state index contributed by atoms with van der Waals surface area (Å²) in [6.07, 6.45) is 1.27. The normalized spacial score (nSPS) is 19.1. The summed E-state index contributed by atoms with van der Waals surface area (Å²) in [5, 5.41) is 3.45. The molecule has 0 saturated carbocycles. The van der Waals surface area contributed by atoms with Crippen LogP contribution in [0.2, 0.25) is 0 Å². The summed E-state index contributed by atoms with van der Waals surface area (Å²) in [5.74, 6) is 0.125. The molecular formula is C38H39F3N6O3S. The molecule has 9 nitrogen and oxygen atoms in total. The molecule has 3 unspecified atom stereocenters. The molecule has 0 bridgehead atoms. The van der Waals surface area contributed by atoms with Crippen molar-refractivity contribution < 1.29 is 27.3 Å². The molecule has 13 heteroatoms. The Labute approximate surface area is 297 Å². The van der Waals surface area contributed by atoms with Crippen LogP contribution in [0.15, 0.2) is 90.2 Å². The van der Waals surface area contributed by atoms with E-state index in [4.69, 9.17) is 4.74 Å². The number of nitrogens with zero attached hydrogens (tertiary/aromatic N) is 5. The van der Waals surface area contributed by atoms with Crippen molar-refractivity contribution in [3.63, 3.8) is 0 Å². The Morgan fingerprint density at radius 2 is 1.78 bits per heavy atom. The molecule has 1 aliphatic carbocycles. The van der Waals surface area contributed by atoms with Crippen LogP contribution in [0.4, 0.5) is 18.9 Å². The molecule has 2 aromatic carbocycles. The van der Waals surface area contributed by atoms with Crippen LogP contribution in [-0.2, 0) is 35.3 Å². The van der Waals surface area contributed by atoms with Gasteiger partial charge in [-0.3, -0.25) is 14.7 Å². The third kappa shape index (κ3) is 7.62. The number of fused-ring (bicyclic) bond motifs is 2. The molecule has 1 saturated heterocycles. The number of ether oxygens (including phenoxy) is 1. The van der Waals surface area contributed by atoms with Crippen molar-refractivity contribution in [2.24, 2.45) is 5.92 Å². The highest BCUT2D eigenvalue weighted by Crippen LogP contribution is 2.39. The molecule has 1 N–H and O–H groups in total. The van der Waals surface area contributed by atoms with Crippen LogP contribution in [0.5, 0.6) is 11.5 Å². The molecule has 3 atom stereocenters. The Morgan fingerprint density at radius 3 is 2.53 bits per heavy atom. The second-order valence-electron chi connectivity index (χ2n) is 13.2. The van der Waals surface area contributed by atoms with E-state index >= 15 is 0 Å².